The van der Waals surface area contributed by atoms with Gasteiger partial charge in [0.25, 0.3) is 0 Å². The molecule has 1 unspecified atom stereocenters. The zero-order chi connectivity index (χ0) is 19.2. The Kier molecular flexibility index (Phi) is 7.03. The van der Waals surface area contributed by atoms with Crippen molar-refractivity contribution < 1.29 is 14.7 Å². The predicted molar refractivity (Wildman–Crippen MR) is 102 cm³/mol. The molecule has 2 amide bonds. The summed E-state index contributed by atoms with van der Waals surface area (Å²) in [7, 11) is 0. The van der Waals surface area contributed by atoms with E-state index in [-0.39, 0.29) is 29.6 Å². The highest BCUT2D eigenvalue weighted by atomic mass is 16.4. The topological polar surface area (TPSA) is 90.5 Å². The number of carbonyl (C=O) groups excluding carboxylic acids is 1. The monoisotopic (exact) mass is 361 g/mol. The first-order valence-electron chi connectivity index (χ1n) is 9.36. The fourth-order valence-corrected chi connectivity index (χ4v) is 3.48. The van der Waals surface area contributed by atoms with E-state index in [1.165, 1.54) is 5.56 Å². The Morgan fingerprint density at radius 3 is 2.35 bits per heavy atom. The Bertz CT molecular complexity index is 596. The van der Waals surface area contributed by atoms with Crippen molar-refractivity contribution in [1.29, 1.82) is 0 Å². The lowest BCUT2D eigenvalue weighted by Crippen LogP contribution is -2.53. The van der Waals surface area contributed by atoms with Gasteiger partial charge in [0.15, 0.2) is 0 Å². The zero-order valence-corrected chi connectivity index (χ0v) is 15.9. The quantitative estimate of drug-likeness (QED) is 0.601. The number of hydrogen-bond acceptors (Lipinski definition) is 3. The van der Waals surface area contributed by atoms with Crippen LogP contribution in [0.5, 0.6) is 0 Å². The van der Waals surface area contributed by atoms with Crippen LogP contribution in [0.25, 0.3) is 0 Å². The van der Waals surface area contributed by atoms with Gasteiger partial charge in [0, 0.05) is 24.2 Å². The third-order valence-corrected chi connectivity index (χ3v) is 5.01. The van der Waals surface area contributed by atoms with Gasteiger partial charge in [-0.3, -0.25) is 4.79 Å². The van der Waals surface area contributed by atoms with E-state index in [1.807, 2.05) is 18.2 Å². The van der Waals surface area contributed by atoms with Crippen molar-refractivity contribution in [2.24, 2.45) is 5.92 Å². The average Bonchev–Trinajstić information content (AvgIpc) is 2.61. The largest absolute Gasteiger partial charge is 0.481 e. The van der Waals surface area contributed by atoms with E-state index in [1.54, 1.807) is 0 Å². The van der Waals surface area contributed by atoms with E-state index in [4.69, 9.17) is 5.11 Å². The van der Waals surface area contributed by atoms with Crippen molar-refractivity contribution in [2.75, 3.05) is 6.54 Å². The van der Waals surface area contributed by atoms with E-state index in [0.717, 1.165) is 12.8 Å². The first-order valence-corrected chi connectivity index (χ1v) is 9.36. The zero-order valence-electron chi connectivity index (χ0n) is 15.9. The summed E-state index contributed by atoms with van der Waals surface area (Å²) in [6.45, 7) is 6.73. The second kappa shape index (κ2) is 9.03. The van der Waals surface area contributed by atoms with Crippen molar-refractivity contribution in [3.63, 3.8) is 0 Å². The Morgan fingerprint density at radius 1 is 1.15 bits per heavy atom. The third-order valence-electron chi connectivity index (χ3n) is 5.01. The van der Waals surface area contributed by atoms with Gasteiger partial charge in [0.2, 0.25) is 0 Å². The van der Waals surface area contributed by atoms with Crippen LogP contribution in [-0.4, -0.2) is 35.2 Å². The van der Waals surface area contributed by atoms with Crippen LogP contribution in [0.15, 0.2) is 30.3 Å². The van der Waals surface area contributed by atoms with E-state index < -0.39 is 5.97 Å². The first-order chi connectivity index (χ1) is 12.3. The molecule has 0 aliphatic heterocycles. The molecule has 1 atom stereocenters. The fourth-order valence-electron chi connectivity index (χ4n) is 3.48. The SMILES string of the molecule is CC(NC(C)(C)CNC(=O)NC1CCC(C(=O)O)CC1)c1ccccc1. The average molecular weight is 361 g/mol. The lowest BCUT2D eigenvalue weighted by atomic mass is 9.86. The van der Waals surface area contributed by atoms with Crippen molar-refractivity contribution in [3.8, 4) is 0 Å². The number of urea groups is 1. The maximum atomic E-state index is 12.2. The minimum Gasteiger partial charge on any atom is -0.481 e. The maximum absolute atomic E-state index is 12.2. The van der Waals surface area contributed by atoms with Gasteiger partial charge in [-0.1, -0.05) is 30.3 Å². The maximum Gasteiger partial charge on any atom is 0.315 e. The van der Waals surface area contributed by atoms with Crippen molar-refractivity contribution >= 4 is 12.0 Å². The molecule has 0 spiro atoms. The molecule has 1 aliphatic carbocycles. The molecule has 1 aliphatic rings. The minimum atomic E-state index is -0.728. The Morgan fingerprint density at radius 2 is 1.77 bits per heavy atom. The lowest BCUT2D eigenvalue weighted by molar-refractivity contribution is -0.142. The van der Waals surface area contributed by atoms with Crippen LogP contribution in [-0.2, 0) is 4.79 Å². The van der Waals surface area contributed by atoms with Crippen LogP contribution >= 0.6 is 0 Å². The van der Waals surface area contributed by atoms with Crippen LogP contribution in [0.2, 0.25) is 0 Å². The molecule has 0 aromatic heterocycles. The van der Waals surface area contributed by atoms with E-state index in [0.29, 0.717) is 19.4 Å². The van der Waals surface area contributed by atoms with Gasteiger partial charge in [-0.05, 0) is 52.0 Å². The molecule has 1 saturated carbocycles. The molecule has 0 bridgehead atoms. The number of aliphatic carboxylic acids is 1. The van der Waals surface area contributed by atoms with Crippen LogP contribution in [0.4, 0.5) is 4.79 Å². The van der Waals surface area contributed by atoms with Gasteiger partial charge in [-0.2, -0.15) is 0 Å². The van der Waals surface area contributed by atoms with Gasteiger partial charge in [-0.25, -0.2) is 4.79 Å². The summed E-state index contributed by atoms with van der Waals surface area (Å²) in [5, 5.41) is 18.5. The molecule has 144 valence electrons. The molecule has 1 fully saturated rings. The molecule has 6 nitrogen and oxygen atoms in total. The summed E-state index contributed by atoms with van der Waals surface area (Å²) in [4.78, 5) is 23.1. The summed E-state index contributed by atoms with van der Waals surface area (Å²) in [6.07, 6.45) is 2.69. The van der Waals surface area contributed by atoms with E-state index >= 15 is 0 Å². The molecule has 26 heavy (non-hydrogen) atoms. The molecule has 0 radical (unpaired) electrons. The molecule has 0 heterocycles. The smallest absolute Gasteiger partial charge is 0.315 e. The first kappa shape index (κ1) is 20.2. The third kappa shape index (κ3) is 6.33. The standard InChI is InChI=1S/C20H31N3O3/c1-14(15-7-5-4-6-8-15)23-20(2,3)13-21-19(26)22-17-11-9-16(10-12-17)18(24)25/h4-8,14,16-17,23H,9-13H2,1-3H3,(H,24,25)(H2,21,22,26). The van der Waals surface area contributed by atoms with Gasteiger partial charge in [0.1, 0.15) is 0 Å². The fraction of sp³-hybridized carbons (Fsp3) is 0.600. The molecule has 4 N–H and O–H groups in total. The number of amides is 2. The number of nitrogens with one attached hydrogen (secondary N) is 3. The lowest BCUT2D eigenvalue weighted by Gasteiger charge is -2.32. The summed E-state index contributed by atoms with van der Waals surface area (Å²) < 4.78 is 0. The minimum absolute atomic E-state index is 0.0601. The molecule has 2 rings (SSSR count). The van der Waals surface area contributed by atoms with Crippen molar-refractivity contribution in [2.45, 2.75) is 64.1 Å². The second-order valence-corrected chi connectivity index (χ2v) is 7.87. The second-order valence-electron chi connectivity index (χ2n) is 7.87. The molecule has 0 saturated heterocycles. The van der Waals surface area contributed by atoms with Crippen molar-refractivity contribution in [3.05, 3.63) is 35.9 Å². The number of carbonyl (C=O) groups is 2. The predicted octanol–water partition coefficient (Wildman–Crippen LogP) is 3.06. The Labute approximate surface area is 155 Å². The van der Waals surface area contributed by atoms with Gasteiger partial charge in [0.05, 0.1) is 5.92 Å². The Hall–Kier alpha value is -2.08. The van der Waals surface area contributed by atoms with Gasteiger partial charge in [-0.15, -0.1) is 0 Å². The summed E-state index contributed by atoms with van der Waals surface area (Å²) in [5.74, 6) is -0.994. The van der Waals surface area contributed by atoms with Crippen LogP contribution in [0.1, 0.15) is 58.1 Å². The number of benzene rings is 1. The molecular weight excluding hydrogens is 330 g/mol. The number of rotatable bonds is 7. The van der Waals surface area contributed by atoms with Crippen LogP contribution in [0, 0.1) is 5.92 Å². The Balaban J connectivity index is 1.73. The molecular formula is C20H31N3O3. The van der Waals surface area contributed by atoms with E-state index in [2.05, 4.69) is 48.9 Å². The summed E-state index contributed by atoms with van der Waals surface area (Å²) in [5.41, 5.74) is 0.952. The van der Waals surface area contributed by atoms with Crippen LogP contribution in [0.3, 0.4) is 0 Å². The summed E-state index contributed by atoms with van der Waals surface area (Å²) in [6, 6.07) is 10.3. The highest BCUT2D eigenvalue weighted by Gasteiger charge is 2.27. The highest BCUT2D eigenvalue weighted by molar-refractivity contribution is 5.74. The number of carboxylic acids is 1. The van der Waals surface area contributed by atoms with Gasteiger partial charge < -0.3 is 21.1 Å². The molecule has 1 aromatic carbocycles. The van der Waals surface area contributed by atoms with E-state index in [9.17, 15) is 9.59 Å². The highest BCUT2D eigenvalue weighted by Crippen LogP contribution is 2.24. The number of carboxylic acid groups (broad SMARTS) is 1. The number of hydrogen-bond donors (Lipinski definition) is 4. The summed E-state index contributed by atoms with van der Waals surface area (Å²) >= 11 is 0. The molecule has 1 aromatic rings. The van der Waals surface area contributed by atoms with Gasteiger partial charge >= 0.3 is 12.0 Å². The van der Waals surface area contributed by atoms with Crippen molar-refractivity contribution in [1.82, 2.24) is 16.0 Å². The van der Waals surface area contributed by atoms with Crippen LogP contribution < -0.4 is 16.0 Å². The molecule has 6 heteroatoms. The normalized spacial score (nSPS) is 21.7.